The second-order valence-electron chi connectivity index (χ2n) is 5.93. The maximum atomic E-state index is 13.7. The third kappa shape index (κ3) is 3.78. The zero-order valence-corrected chi connectivity index (χ0v) is 14.0. The minimum atomic E-state index is -0.473. The topological polar surface area (TPSA) is 70.5 Å². The van der Waals surface area contributed by atoms with E-state index in [0.29, 0.717) is 38.3 Å². The number of para-hydroxylation sites is 1. The molecule has 0 atom stereocenters. The number of hydrogen-bond donors (Lipinski definition) is 1. The molecule has 1 aliphatic heterocycles. The van der Waals surface area contributed by atoms with Crippen molar-refractivity contribution in [3.63, 3.8) is 0 Å². The van der Waals surface area contributed by atoms with Crippen molar-refractivity contribution in [1.29, 1.82) is 0 Å². The Bertz CT molecular complexity index is 776. The van der Waals surface area contributed by atoms with Crippen LogP contribution < -0.4 is 5.32 Å². The lowest BCUT2D eigenvalue weighted by Crippen LogP contribution is -2.39. The molecule has 1 aromatic carbocycles. The van der Waals surface area contributed by atoms with Crippen LogP contribution in [0.4, 0.5) is 14.9 Å². The highest BCUT2D eigenvalue weighted by molar-refractivity contribution is 5.92. The number of aromatic nitrogens is 2. The number of hydrogen-bond acceptors (Lipinski definition) is 3. The number of rotatable bonds is 2. The molecule has 0 bridgehead atoms. The molecule has 0 aliphatic carbocycles. The number of imidazole rings is 1. The molecule has 8 heteroatoms. The maximum absolute atomic E-state index is 13.7. The van der Waals surface area contributed by atoms with Crippen LogP contribution in [0.1, 0.15) is 16.9 Å². The van der Waals surface area contributed by atoms with Gasteiger partial charge in [-0.3, -0.25) is 4.79 Å². The molecule has 1 saturated heterocycles. The van der Waals surface area contributed by atoms with Gasteiger partial charge >= 0.3 is 6.03 Å². The van der Waals surface area contributed by atoms with Gasteiger partial charge in [-0.15, -0.1) is 0 Å². The molecule has 0 radical (unpaired) electrons. The monoisotopic (exact) mass is 345 g/mol. The summed E-state index contributed by atoms with van der Waals surface area (Å²) in [5.74, 6) is -0.574. The molecule has 1 aliphatic rings. The number of carbonyl (C=O) groups excluding carboxylic acids is 2. The molecule has 1 aromatic heterocycles. The second kappa shape index (κ2) is 7.33. The van der Waals surface area contributed by atoms with E-state index in [1.807, 2.05) is 0 Å². The van der Waals surface area contributed by atoms with Crippen LogP contribution in [0.3, 0.4) is 0 Å². The molecule has 2 heterocycles. The lowest BCUT2D eigenvalue weighted by molar-refractivity contribution is 0.0753. The first-order valence-corrected chi connectivity index (χ1v) is 8.12. The summed E-state index contributed by atoms with van der Waals surface area (Å²) in [6.45, 7) is 1.89. The number of nitrogens with one attached hydrogen (secondary N) is 1. The van der Waals surface area contributed by atoms with Crippen molar-refractivity contribution in [2.45, 2.75) is 6.42 Å². The molecule has 0 unspecified atom stereocenters. The molecule has 7 nitrogen and oxygen atoms in total. The summed E-state index contributed by atoms with van der Waals surface area (Å²) >= 11 is 0. The fourth-order valence-electron chi connectivity index (χ4n) is 2.81. The van der Waals surface area contributed by atoms with Crippen LogP contribution in [0.15, 0.2) is 36.8 Å². The van der Waals surface area contributed by atoms with Crippen molar-refractivity contribution in [3.05, 3.63) is 48.3 Å². The first-order valence-electron chi connectivity index (χ1n) is 8.12. The lowest BCUT2D eigenvalue weighted by Gasteiger charge is -2.22. The zero-order valence-electron chi connectivity index (χ0n) is 14.0. The van der Waals surface area contributed by atoms with Gasteiger partial charge in [0.1, 0.15) is 11.5 Å². The Morgan fingerprint density at radius 3 is 2.56 bits per heavy atom. The average Bonchev–Trinajstić information content (AvgIpc) is 2.88. The number of halogens is 1. The zero-order chi connectivity index (χ0) is 17.8. The molecule has 1 fully saturated rings. The fraction of sp³-hybridized carbons (Fsp3) is 0.353. The van der Waals surface area contributed by atoms with Crippen LogP contribution in [0.5, 0.6) is 0 Å². The highest BCUT2D eigenvalue weighted by Gasteiger charge is 2.24. The maximum Gasteiger partial charge on any atom is 0.321 e. The van der Waals surface area contributed by atoms with Gasteiger partial charge in [-0.1, -0.05) is 12.1 Å². The smallest absolute Gasteiger partial charge is 0.321 e. The molecule has 25 heavy (non-hydrogen) atoms. The minimum absolute atomic E-state index is 0.101. The predicted molar refractivity (Wildman–Crippen MR) is 90.7 cm³/mol. The molecule has 132 valence electrons. The van der Waals surface area contributed by atoms with E-state index in [1.165, 1.54) is 18.3 Å². The van der Waals surface area contributed by atoms with Gasteiger partial charge in [0.25, 0.3) is 5.91 Å². The first kappa shape index (κ1) is 16.9. The SMILES string of the molecule is Cn1cncc1C(=O)N1CCCN(C(=O)Nc2ccccc2F)CC1. The van der Waals surface area contributed by atoms with E-state index < -0.39 is 5.82 Å². The van der Waals surface area contributed by atoms with Crippen LogP contribution in [-0.2, 0) is 7.05 Å². The van der Waals surface area contributed by atoms with Gasteiger partial charge < -0.3 is 19.7 Å². The molecular weight excluding hydrogens is 325 g/mol. The van der Waals surface area contributed by atoms with Gasteiger partial charge in [-0.05, 0) is 18.6 Å². The van der Waals surface area contributed by atoms with E-state index in [4.69, 9.17) is 0 Å². The number of benzene rings is 1. The Balaban J connectivity index is 1.61. The summed E-state index contributed by atoms with van der Waals surface area (Å²) < 4.78 is 15.3. The first-order chi connectivity index (χ1) is 12.1. The number of aryl methyl sites for hydroxylation is 1. The number of nitrogens with zero attached hydrogens (tertiary/aromatic N) is 4. The van der Waals surface area contributed by atoms with Crippen LogP contribution in [0.2, 0.25) is 0 Å². The summed E-state index contributed by atoms with van der Waals surface area (Å²) in [6, 6.07) is 5.68. The number of urea groups is 1. The molecule has 3 rings (SSSR count). The summed E-state index contributed by atoms with van der Waals surface area (Å²) in [5.41, 5.74) is 0.670. The average molecular weight is 345 g/mol. The Morgan fingerprint density at radius 2 is 1.84 bits per heavy atom. The van der Waals surface area contributed by atoms with Crippen molar-refractivity contribution in [2.24, 2.45) is 7.05 Å². The molecule has 1 N–H and O–H groups in total. The van der Waals surface area contributed by atoms with E-state index in [0.717, 1.165) is 0 Å². The summed E-state index contributed by atoms with van der Waals surface area (Å²) in [7, 11) is 1.77. The Hall–Kier alpha value is -2.90. The van der Waals surface area contributed by atoms with Crippen LogP contribution in [0, 0.1) is 5.82 Å². The quantitative estimate of drug-likeness (QED) is 0.904. The van der Waals surface area contributed by atoms with E-state index >= 15 is 0 Å². The van der Waals surface area contributed by atoms with Crippen LogP contribution in [-0.4, -0.2) is 57.5 Å². The standard InChI is InChI=1S/C17H20FN5O2/c1-21-12-19-11-15(21)16(24)22-7-4-8-23(10-9-22)17(25)20-14-6-3-2-5-13(14)18/h2-3,5-6,11-12H,4,7-10H2,1H3,(H,20,25). The highest BCUT2D eigenvalue weighted by Crippen LogP contribution is 2.14. The molecule has 0 saturated carbocycles. The Labute approximate surface area is 145 Å². The summed E-state index contributed by atoms with van der Waals surface area (Å²) in [4.78, 5) is 32.2. The van der Waals surface area contributed by atoms with E-state index in [9.17, 15) is 14.0 Å². The van der Waals surface area contributed by atoms with Gasteiger partial charge in [0.05, 0.1) is 18.2 Å². The largest absolute Gasteiger partial charge is 0.335 e. The second-order valence-corrected chi connectivity index (χ2v) is 5.93. The Kier molecular flexibility index (Phi) is 4.97. The number of anilines is 1. The lowest BCUT2D eigenvalue weighted by atomic mass is 10.3. The predicted octanol–water partition coefficient (Wildman–Crippen LogP) is 1.94. The Morgan fingerprint density at radius 1 is 1.12 bits per heavy atom. The van der Waals surface area contributed by atoms with E-state index in [2.05, 4.69) is 10.3 Å². The molecule has 2 aromatic rings. The van der Waals surface area contributed by atoms with Gasteiger partial charge in [-0.25, -0.2) is 14.2 Å². The number of amides is 3. The normalized spacial score (nSPS) is 15.0. The van der Waals surface area contributed by atoms with Crippen molar-refractivity contribution in [2.75, 3.05) is 31.5 Å². The van der Waals surface area contributed by atoms with Gasteiger partial charge in [0, 0.05) is 33.2 Å². The summed E-state index contributed by atoms with van der Waals surface area (Å²) in [6.07, 6.45) is 3.78. The van der Waals surface area contributed by atoms with Crippen molar-refractivity contribution < 1.29 is 14.0 Å². The van der Waals surface area contributed by atoms with Gasteiger partial charge in [-0.2, -0.15) is 0 Å². The molecule has 3 amide bonds. The van der Waals surface area contributed by atoms with Crippen LogP contribution in [0.25, 0.3) is 0 Å². The van der Waals surface area contributed by atoms with Crippen molar-refractivity contribution >= 4 is 17.6 Å². The van der Waals surface area contributed by atoms with Crippen LogP contribution >= 0.6 is 0 Å². The highest BCUT2D eigenvalue weighted by atomic mass is 19.1. The third-order valence-electron chi connectivity index (χ3n) is 4.22. The van der Waals surface area contributed by atoms with Gasteiger partial charge in [0.2, 0.25) is 0 Å². The third-order valence-corrected chi connectivity index (χ3v) is 4.22. The van der Waals surface area contributed by atoms with Crippen molar-refractivity contribution in [1.82, 2.24) is 19.4 Å². The number of carbonyl (C=O) groups is 2. The van der Waals surface area contributed by atoms with E-state index in [-0.39, 0.29) is 17.6 Å². The fourth-order valence-corrected chi connectivity index (χ4v) is 2.81. The summed E-state index contributed by atoms with van der Waals surface area (Å²) in [5, 5.41) is 2.58. The minimum Gasteiger partial charge on any atom is -0.335 e. The molecular formula is C17H20FN5O2. The van der Waals surface area contributed by atoms with E-state index in [1.54, 1.807) is 39.9 Å². The molecule has 0 spiro atoms. The van der Waals surface area contributed by atoms with Crippen molar-refractivity contribution in [3.8, 4) is 0 Å². The van der Waals surface area contributed by atoms with Gasteiger partial charge in [0.15, 0.2) is 0 Å².